The van der Waals surface area contributed by atoms with Crippen molar-refractivity contribution in [2.24, 2.45) is 5.92 Å². The van der Waals surface area contributed by atoms with Gasteiger partial charge >= 0.3 is 0 Å². The van der Waals surface area contributed by atoms with Gasteiger partial charge in [0.05, 0.1) is 18.4 Å². The van der Waals surface area contributed by atoms with Gasteiger partial charge in [0.2, 0.25) is 0 Å². The van der Waals surface area contributed by atoms with E-state index in [4.69, 9.17) is 0 Å². The summed E-state index contributed by atoms with van der Waals surface area (Å²) in [5.41, 5.74) is 3.48. The highest BCUT2D eigenvalue weighted by Crippen LogP contribution is 2.26. The topological polar surface area (TPSA) is 100 Å². The largest absolute Gasteiger partial charge is 0.354 e. The summed E-state index contributed by atoms with van der Waals surface area (Å²) in [5, 5.41) is 22.4. The molecule has 0 spiro atoms. The zero-order valence-electron chi connectivity index (χ0n) is 18.7. The maximum atomic E-state index is 4.52. The van der Waals surface area contributed by atoms with Crippen molar-refractivity contribution in [2.75, 3.05) is 24.5 Å². The molecule has 4 aromatic heterocycles. The molecule has 1 aliphatic carbocycles. The Balaban J connectivity index is 1.08. The second kappa shape index (κ2) is 8.90. The first-order valence-corrected chi connectivity index (χ1v) is 11.9. The number of anilines is 1. The standard InChI is InChI=1S/C24H29N9/c1-3-17(4-1)12-26-20-5-2-10-32(14-20)23-7-6-21(28-30-23)15-33-16-22(29-31-33)19-11-18-8-9-25-24(18)27-13-19/h6-9,11,13,16-17,20,26H,1-5,10,12,14-15H2,(H,25,27)/t20-/m1/s1. The highest BCUT2D eigenvalue weighted by Gasteiger charge is 2.23. The zero-order valence-corrected chi connectivity index (χ0v) is 18.7. The maximum Gasteiger partial charge on any atom is 0.151 e. The fraction of sp³-hybridized carbons (Fsp3) is 0.458. The second-order valence-electron chi connectivity index (χ2n) is 9.31. The van der Waals surface area contributed by atoms with Gasteiger partial charge in [0.1, 0.15) is 11.3 Å². The van der Waals surface area contributed by atoms with E-state index in [-0.39, 0.29) is 0 Å². The van der Waals surface area contributed by atoms with Crippen LogP contribution in [0.25, 0.3) is 22.3 Å². The van der Waals surface area contributed by atoms with Gasteiger partial charge in [-0.1, -0.05) is 11.6 Å². The minimum atomic E-state index is 0.533. The Labute approximate surface area is 192 Å². The van der Waals surface area contributed by atoms with Crippen molar-refractivity contribution in [2.45, 2.75) is 44.7 Å². The van der Waals surface area contributed by atoms with Crippen LogP contribution in [0.5, 0.6) is 0 Å². The number of pyridine rings is 1. The molecule has 33 heavy (non-hydrogen) atoms. The molecule has 9 heteroatoms. The van der Waals surface area contributed by atoms with E-state index >= 15 is 0 Å². The monoisotopic (exact) mass is 443 g/mol. The second-order valence-corrected chi connectivity index (χ2v) is 9.31. The average Bonchev–Trinajstić information content (AvgIpc) is 3.48. The minimum absolute atomic E-state index is 0.533. The lowest BCUT2D eigenvalue weighted by molar-refractivity contribution is 0.280. The normalized spacial score (nSPS) is 19.2. The number of aromatic amines is 1. The summed E-state index contributed by atoms with van der Waals surface area (Å²) in [5.74, 6) is 1.85. The summed E-state index contributed by atoms with van der Waals surface area (Å²) >= 11 is 0. The lowest BCUT2D eigenvalue weighted by atomic mass is 9.85. The molecule has 4 aromatic rings. The van der Waals surface area contributed by atoms with E-state index in [0.717, 1.165) is 59.4 Å². The van der Waals surface area contributed by atoms with Crippen LogP contribution in [0.1, 0.15) is 37.8 Å². The highest BCUT2D eigenvalue weighted by molar-refractivity contribution is 5.80. The first-order chi connectivity index (χ1) is 16.3. The van der Waals surface area contributed by atoms with E-state index in [1.807, 2.05) is 30.7 Å². The number of H-pyrrole nitrogens is 1. The molecule has 1 saturated heterocycles. The molecule has 1 saturated carbocycles. The smallest absolute Gasteiger partial charge is 0.151 e. The van der Waals surface area contributed by atoms with Gasteiger partial charge in [0, 0.05) is 42.5 Å². The fourth-order valence-corrected chi connectivity index (χ4v) is 4.74. The van der Waals surface area contributed by atoms with Crippen LogP contribution in [-0.4, -0.2) is 60.8 Å². The number of rotatable bonds is 7. The number of aromatic nitrogens is 7. The van der Waals surface area contributed by atoms with Crippen molar-refractivity contribution in [1.82, 2.24) is 40.5 Å². The molecule has 2 fully saturated rings. The molecule has 0 unspecified atom stereocenters. The van der Waals surface area contributed by atoms with Crippen LogP contribution in [0.2, 0.25) is 0 Å². The molecule has 2 aliphatic rings. The third-order valence-electron chi connectivity index (χ3n) is 6.93. The van der Waals surface area contributed by atoms with Crippen LogP contribution in [-0.2, 0) is 6.54 Å². The first-order valence-electron chi connectivity index (χ1n) is 11.9. The SMILES string of the molecule is c1cc2cc(-c3cn(Cc4ccc(N5CCC[C@@H](NCC6CCC6)C5)nn4)nn3)cnc2[nH]1. The van der Waals surface area contributed by atoms with Crippen LogP contribution in [0.15, 0.2) is 42.9 Å². The molecule has 5 heterocycles. The van der Waals surface area contributed by atoms with E-state index in [2.05, 4.69) is 52.8 Å². The van der Waals surface area contributed by atoms with Crippen molar-refractivity contribution >= 4 is 16.9 Å². The van der Waals surface area contributed by atoms with Crippen molar-refractivity contribution in [1.29, 1.82) is 0 Å². The number of nitrogens with one attached hydrogen (secondary N) is 2. The number of hydrogen-bond donors (Lipinski definition) is 2. The molecule has 1 atom stereocenters. The lowest BCUT2D eigenvalue weighted by Gasteiger charge is -2.35. The highest BCUT2D eigenvalue weighted by atomic mass is 15.4. The van der Waals surface area contributed by atoms with Gasteiger partial charge < -0.3 is 15.2 Å². The average molecular weight is 444 g/mol. The Morgan fingerprint density at radius 2 is 2.03 bits per heavy atom. The lowest BCUT2D eigenvalue weighted by Crippen LogP contribution is -2.47. The van der Waals surface area contributed by atoms with Gasteiger partial charge in [-0.05, 0) is 62.4 Å². The predicted octanol–water partition coefficient (Wildman–Crippen LogP) is 3.02. The van der Waals surface area contributed by atoms with Gasteiger partial charge in [0.15, 0.2) is 5.82 Å². The Bertz CT molecular complexity index is 1210. The van der Waals surface area contributed by atoms with Crippen molar-refractivity contribution in [3.8, 4) is 11.3 Å². The first kappa shape index (κ1) is 20.3. The Hall–Kier alpha value is -3.33. The van der Waals surface area contributed by atoms with Gasteiger partial charge in [-0.3, -0.25) is 0 Å². The fourth-order valence-electron chi connectivity index (χ4n) is 4.74. The summed E-state index contributed by atoms with van der Waals surface area (Å²) in [6.07, 6.45) is 12.2. The van der Waals surface area contributed by atoms with Crippen LogP contribution in [0.4, 0.5) is 5.82 Å². The number of hydrogen-bond acceptors (Lipinski definition) is 7. The molecule has 170 valence electrons. The Morgan fingerprint density at radius 1 is 1.06 bits per heavy atom. The third kappa shape index (κ3) is 4.45. The van der Waals surface area contributed by atoms with Crippen molar-refractivity contribution < 1.29 is 0 Å². The molecule has 9 nitrogen and oxygen atoms in total. The van der Waals surface area contributed by atoms with Crippen LogP contribution in [0.3, 0.4) is 0 Å². The quantitative estimate of drug-likeness (QED) is 0.453. The van der Waals surface area contributed by atoms with Gasteiger partial charge in [-0.15, -0.1) is 10.2 Å². The summed E-state index contributed by atoms with van der Waals surface area (Å²) < 4.78 is 1.79. The Kier molecular flexibility index (Phi) is 5.47. The van der Waals surface area contributed by atoms with Crippen molar-refractivity contribution in [3.63, 3.8) is 0 Å². The van der Waals surface area contributed by atoms with Crippen LogP contribution >= 0.6 is 0 Å². The molecule has 1 aliphatic heterocycles. The summed E-state index contributed by atoms with van der Waals surface area (Å²) in [7, 11) is 0. The molecule has 0 aromatic carbocycles. The number of piperidine rings is 1. The van der Waals surface area contributed by atoms with E-state index in [1.54, 1.807) is 4.68 Å². The Morgan fingerprint density at radius 3 is 2.88 bits per heavy atom. The molecule has 6 rings (SSSR count). The van der Waals surface area contributed by atoms with E-state index < -0.39 is 0 Å². The summed E-state index contributed by atoms with van der Waals surface area (Å²) in [6.45, 7) is 3.75. The molecule has 0 amide bonds. The maximum absolute atomic E-state index is 4.52. The van der Waals surface area contributed by atoms with E-state index in [0.29, 0.717) is 12.6 Å². The van der Waals surface area contributed by atoms with Gasteiger partial charge in [-0.25, -0.2) is 9.67 Å². The van der Waals surface area contributed by atoms with Gasteiger partial charge in [-0.2, -0.15) is 5.10 Å². The summed E-state index contributed by atoms with van der Waals surface area (Å²) in [6, 6.07) is 8.74. The molecular weight excluding hydrogens is 414 g/mol. The van der Waals surface area contributed by atoms with Crippen LogP contribution in [0, 0.1) is 5.92 Å². The van der Waals surface area contributed by atoms with Gasteiger partial charge in [0.25, 0.3) is 0 Å². The predicted molar refractivity (Wildman–Crippen MR) is 127 cm³/mol. The van der Waals surface area contributed by atoms with Crippen LogP contribution < -0.4 is 10.2 Å². The van der Waals surface area contributed by atoms with E-state index in [1.165, 1.54) is 32.1 Å². The molecular formula is C24H29N9. The number of fused-ring (bicyclic) bond motifs is 1. The molecule has 2 N–H and O–H groups in total. The summed E-state index contributed by atoms with van der Waals surface area (Å²) in [4.78, 5) is 9.90. The number of nitrogens with zero attached hydrogens (tertiary/aromatic N) is 7. The third-order valence-corrected chi connectivity index (χ3v) is 6.93. The minimum Gasteiger partial charge on any atom is -0.354 e. The van der Waals surface area contributed by atoms with Crippen molar-refractivity contribution in [3.05, 3.63) is 48.5 Å². The molecule has 0 radical (unpaired) electrons. The zero-order chi connectivity index (χ0) is 22.0. The van der Waals surface area contributed by atoms with E-state index in [9.17, 15) is 0 Å². The molecule has 0 bridgehead atoms.